The van der Waals surface area contributed by atoms with Crippen molar-refractivity contribution in [2.24, 2.45) is 0 Å². The van der Waals surface area contributed by atoms with Crippen LogP contribution in [0.2, 0.25) is 10.0 Å². The number of hydrogen-bond acceptors (Lipinski definition) is 20. The van der Waals surface area contributed by atoms with Crippen LogP contribution in [0, 0.1) is 11.6 Å². The van der Waals surface area contributed by atoms with Crippen molar-refractivity contribution >= 4 is 57.2 Å². The topological polar surface area (TPSA) is 354 Å². The number of aliphatic hydroxyl groups is 6. The van der Waals surface area contributed by atoms with E-state index in [1.54, 1.807) is 60.7 Å². The Hall–Kier alpha value is -7.64. The number of ether oxygens (including phenoxy) is 6. The third-order valence-corrected chi connectivity index (χ3v) is 19.1. The summed E-state index contributed by atoms with van der Waals surface area (Å²) in [6.07, 6.45) is 4.13. The summed E-state index contributed by atoms with van der Waals surface area (Å²) in [6.45, 7) is 5.77. The smallest absolute Gasteiger partial charge is 0.270 e. The van der Waals surface area contributed by atoms with E-state index < -0.39 is 47.2 Å². The van der Waals surface area contributed by atoms with Crippen molar-refractivity contribution in [3.63, 3.8) is 0 Å². The fraction of sp³-hybridized carbons (Fsp3) is 0.429. The van der Waals surface area contributed by atoms with Crippen LogP contribution in [0.4, 0.5) is 8.78 Å². The van der Waals surface area contributed by atoms with Gasteiger partial charge in [0.1, 0.15) is 62.9 Å². The Bertz CT molecular complexity index is 3820. The maximum Gasteiger partial charge on any atom is 0.270 e. The van der Waals surface area contributed by atoms with Gasteiger partial charge in [-0.1, -0.05) is 59.6 Å². The molecule has 0 unspecified atom stereocenters. The molecule has 0 saturated carbocycles. The number of rotatable bonds is 20. The van der Waals surface area contributed by atoms with Crippen LogP contribution in [0.25, 0.3) is 22.1 Å². The van der Waals surface area contributed by atoms with Gasteiger partial charge in [0.15, 0.2) is 34.1 Å². The molecule has 14 rings (SSSR count). The lowest BCUT2D eigenvalue weighted by atomic mass is 9.88. The van der Waals surface area contributed by atoms with Crippen molar-refractivity contribution in [3.05, 3.63) is 176 Å². The average molecular weight is 1400 g/mol. The minimum Gasteiger partial charge on any atom is -0.545 e. The van der Waals surface area contributed by atoms with Crippen LogP contribution >= 0.6 is 23.2 Å². The van der Waals surface area contributed by atoms with Crippen LogP contribution in [-0.2, 0) is 35.7 Å². The van der Waals surface area contributed by atoms with E-state index in [9.17, 15) is 28.6 Å². The maximum absolute atomic E-state index is 14.6. The first-order chi connectivity index (χ1) is 47.2. The largest absolute Gasteiger partial charge is 0.545 e. The number of benzene rings is 6. The van der Waals surface area contributed by atoms with Gasteiger partial charge in [0.25, 0.3) is 12.6 Å². The first-order valence-corrected chi connectivity index (χ1v) is 33.2. The lowest BCUT2D eigenvalue weighted by Crippen LogP contribution is -2.78. The number of hydrogen-bond donors (Lipinski definition) is 8. The molecule has 8 heterocycles. The number of aliphatic hydroxyl groups excluding tert-OH is 6. The number of imidazole rings is 2. The van der Waals surface area contributed by atoms with E-state index in [1.165, 1.54) is 12.1 Å². The third kappa shape index (κ3) is 16.5. The van der Waals surface area contributed by atoms with Gasteiger partial charge in [-0.05, 0) is 160 Å². The van der Waals surface area contributed by atoms with E-state index in [0.717, 1.165) is 123 Å². The Morgan fingerprint density at radius 1 is 0.510 bits per heavy atom. The SMILES string of the molecule is O=C([O-])c1ccc2nc(CN3CCC(c4cccc5c4O[C@@H](c4ccc(Cl)cc4F)O5)CC3)n(C[C@@H]3CCO3)c2c1.O=C([O-])c1ccc2nc(CN3CCC(c4cccc5c4O[C@@H](c4ccc(Cl)cc4F)O5)CC3)n(C[C@@H]3CCO3)c2c1.[NH3+]C(CO)(CO)CO.[NH3+]C(CO)(CO)CO. The summed E-state index contributed by atoms with van der Waals surface area (Å²) in [7, 11) is 0. The summed E-state index contributed by atoms with van der Waals surface area (Å²) in [5.74, 6) is 1.60. The number of carbonyl (C=O) groups is 2. The lowest BCUT2D eigenvalue weighted by molar-refractivity contribution is -0.495. The van der Waals surface area contributed by atoms with Gasteiger partial charge in [-0.3, -0.25) is 9.80 Å². The van der Waals surface area contributed by atoms with Gasteiger partial charge in [-0.15, -0.1) is 0 Å². The fourth-order valence-corrected chi connectivity index (χ4v) is 12.6. The van der Waals surface area contributed by atoms with Crippen molar-refractivity contribution < 1.29 is 99.1 Å². The first-order valence-electron chi connectivity index (χ1n) is 32.5. The number of carbonyl (C=O) groups excluding carboxylic acids is 2. The molecule has 6 aromatic carbocycles. The Kier molecular flexibility index (Phi) is 23.2. The predicted molar refractivity (Wildman–Crippen MR) is 349 cm³/mol. The standard InChI is InChI=1S/2C31H29ClFN3O5.2C4H11NO3/c2*32-20-5-6-23(24(33)15-20)31-40-27-3-1-2-22(29(27)41-31)18-8-11-35(12-9-18)17-28-34-25-7-4-19(30(37)38)14-26(25)36(28)16-21-10-13-39-21;2*5-4(1-6,2-7)3-8/h2*1-7,14-15,18,21,31H,8-13,16-17H2,(H,37,38);2*6-8H,1-3,5H2/t2*21-,31-;;/m00../s1. The number of aromatic nitrogens is 4. The van der Waals surface area contributed by atoms with Crippen molar-refractivity contribution in [3.8, 4) is 23.0 Å². The molecule has 2 aromatic heterocycles. The van der Waals surface area contributed by atoms with Gasteiger partial charge in [0, 0.05) is 34.4 Å². The van der Waals surface area contributed by atoms with Gasteiger partial charge in [-0.2, -0.15) is 0 Å². The molecule has 4 atom stereocenters. The number of carboxylic acid groups (broad SMARTS) is 2. The molecule has 0 amide bonds. The maximum atomic E-state index is 14.6. The second kappa shape index (κ2) is 31.7. The van der Waals surface area contributed by atoms with Crippen molar-refractivity contribution in [2.45, 2.75) is 112 Å². The Morgan fingerprint density at radius 2 is 0.878 bits per heavy atom. The molecule has 4 fully saturated rings. The molecular formula is C70H80Cl2F2N8O16. The molecule has 524 valence electrons. The molecule has 98 heavy (non-hydrogen) atoms. The van der Waals surface area contributed by atoms with E-state index in [4.69, 9.17) is 92.2 Å². The van der Waals surface area contributed by atoms with Gasteiger partial charge >= 0.3 is 0 Å². The van der Waals surface area contributed by atoms with E-state index >= 15 is 0 Å². The number of likely N-dealkylation sites (tertiary alicyclic amines) is 2. The van der Waals surface area contributed by atoms with Crippen LogP contribution < -0.4 is 40.6 Å². The summed E-state index contributed by atoms with van der Waals surface area (Å²) < 4.78 is 69.0. The van der Waals surface area contributed by atoms with Crippen LogP contribution in [-0.4, -0.2) is 174 Å². The van der Waals surface area contributed by atoms with Crippen LogP contribution in [0.1, 0.15) is 118 Å². The van der Waals surface area contributed by atoms with Gasteiger partial charge in [-0.25, -0.2) is 18.7 Å². The van der Waals surface area contributed by atoms with E-state index in [2.05, 4.69) is 42.5 Å². The number of para-hydroxylation sites is 2. The molecule has 0 aliphatic carbocycles. The van der Waals surface area contributed by atoms with Crippen LogP contribution in [0.3, 0.4) is 0 Å². The normalized spacial score (nSPS) is 19.4. The van der Waals surface area contributed by atoms with E-state index in [-0.39, 0.29) is 74.8 Å². The zero-order chi connectivity index (χ0) is 69.4. The quantitative estimate of drug-likeness (QED) is 0.0541. The van der Waals surface area contributed by atoms with E-state index in [1.807, 2.05) is 24.3 Å². The zero-order valence-corrected chi connectivity index (χ0v) is 55.3. The van der Waals surface area contributed by atoms with Crippen LogP contribution in [0.5, 0.6) is 23.0 Å². The number of aromatic carboxylic acids is 2. The lowest BCUT2D eigenvalue weighted by Gasteiger charge is -2.33. The van der Waals surface area contributed by atoms with Crippen molar-refractivity contribution in [2.75, 3.05) is 79.0 Å². The monoisotopic (exact) mass is 1400 g/mol. The number of piperidine rings is 2. The van der Waals surface area contributed by atoms with Crippen molar-refractivity contribution in [1.82, 2.24) is 28.9 Å². The first kappa shape index (κ1) is 71.6. The summed E-state index contributed by atoms with van der Waals surface area (Å²) in [5, 5.41) is 74.0. The molecule has 24 nitrogen and oxygen atoms in total. The highest BCUT2D eigenvalue weighted by molar-refractivity contribution is 6.30. The molecule has 6 aliphatic heterocycles. The summed E-state index contributed by atoms with van der Waals surface area (Å²) in [5.41, 5.74) is 11.0. The van der Waals surface area contributed by atoms with Crippen LogP contribution in [0.15, 0.2) is 109 Å². The number of halogens is 4. The predicted octanol–water partition coefficient (Wildman–Crippen LogP) is 3.55. The molecule has 0 bridgehead atoms. The zero-order valence-electron chi connectivity index (χ0n) is 53.8. The molecule has 8 aromatic rings. The van der Waals surface area contributed by atoms with Gasteiger partial charge in [0.2, 0.25) is 0 Å². The van der Waals surface area contributed by atoms with Gasteiger partial charge in [0.05, 0.1) is 83.5 Å². The molecular weight excluding hydrogens is 1320 g/mol. The summed E-state index contributed by atoms with van der Waals surface area (Å²) in [6, 6.07) is 30.6. The highest BCUT2D eigenvalue weighted by Gasteiger charge is 2.37. The third-order valence-electron chi connectivity index (χ3n) is 18.7. The molecule has 28 heteroatoms. The molecule has 4 saturated heterocycles. The average Bonchev–Trinajstić information content (AvgIpc) is 1.66. The molecule has 12 N–H and O–H groups in total. The highest BCUT2D eigenvalue weighted by atomic mass is 35.5. The number of quaternary nitrogens is 2. The Labute approximate surface area is 573 Å². The highest BCUT2D eigenvalue weighted by Crippen LogP contribution is 2.49. The Morgan fingerprint density at radius 3 is 1.18 bits per heavy atom. The molecule has 0 radical (unpaired) electrons. The minimum absolute atomic E-state index is 0.107. The molecule has 6 aliphatic rings. The van der Waals surface area contributed by atoms with Gasteiger partial charge < -0.3 is 99.5 Å². The summed E-state index contributed by atoms with van der Waals surface area (Å²) in [4.78, 5) is 37.5. The molecule has 0 spiro atoms. The van der Waals surface area contributed by atoms with Crippen molar-refractivity contribution in [1.29, 1.82) is 0 Å². The second-order valence-electron chi connectivity index (χ2n) is 25.7. The number of fused-ring (bicyclic) bond motifs is 4. The number of nitrogens with zero attached hydrogens (tertiary/aromatic N) is 6. The summed E-state index contributed by atoms with van der Waals surface area (Å²) >= 11 is 11.8. The fourth-order valence-electron chi connectivity index (χ4n) is 12.3. The minimum atomic E-state index is -1.20. The Balaban J connectivity index is 0.000000162. The number of carboxylic acids is 2. The van der Waals surface area contributed by atoms with E-state index in [0.29, 0.717) is 70.3 Å². The second-order valence-corrected chi connectivity index (χ2v) is 26.6.